The summed E-state index contributed by atoms with van der Waals surface area (Å²) in [4.78, 5) is 13.0. The second kappa shape index (κ2) is 9.47. The van der Waals surface area contributed by atoms with Gasteiger partial charge in [0.15, 0.2) is 0 Å². The van der Waals surface area contributed by atoms with Crippen molar-refractivity contribution in [2.75, 3.05) is 13.1 Å². The Kier molecular flexibility index (Phi) is 7.01. The van der Waals surface area contributed by atoms with E-state index in [1.54, 1.807) is 18.2 Å². The smallest absolute Gasteiger partial charge is 0.276 e. The summed E-state index contributed by atoms with van der Waals surface area (Å²) < 4.78 is 5.78. The van der Waals surface area contributed by atoms with Crippen LogP contribution in [0.15, 0.2) is 54.7 Å². The number of nitrogens with zero attached hydrogens (tertiary/aromatic N) is 2. The number of hydrogen-bond donors (Lipinski definition) is 0. The normalized spacial score (nSPS) is 10.8. The van der Waals surface area contributed by atoms with Crippen molar-refractivity contribution in [3.8, 4) is 5.75 Å². The SMILES string of the molecule is CCCN(/C=C/c1cc(OCc2ccccc2)ccc1[N+](=O)[O-])CC. The monoisotopic (exact) mass is 340 g/mol. The first kappa shape index (κ1) is 18.5. The highest BCUT2D eigenvalue weighted by Gasteiger charge is 2.13. The highest BCUT2D eigenvalue weighted by Crippen LogP contribution is 2.26. The number of nitro benzene ring substituents is 1. The summed E-state index contributed by atoms with van der Waals surface area (Å²) in [5, 5.41) is 11.3. The van der Waals surface area contributed by atoms with Crippen LogP contribution in [-0.4, -0.2) is 22.9 Å². The van der Waals surface area contributed by atoms with Gasteiger partial charge in [0.25, 0.3) is 5.69 Å². The molecule has 0 heterocycles. The van der Waals surface area contributed by atoms with Gasteiger partial charge in [-0.25, -0.2) is 0 Å². The van der Waals surface area contributed by atoms with Gasteiger partial charge in [-0.3, -0.25) is 10.1 Å². The predicted molar refractivity (Wildman–Crippen MR) is 100 cm³/mol. The lowest BCUT2D eigenvalue weighted by atomic mass is 10.1. The second-order valence-corrected chi connectivity index (χ2v) is 5.70. The Morgan fingerprint density at radius 3 is 2.56 bits per heavy atom. The highest BCUT2D eigenvalue weighted by molar-refractivity contribution is 5.62. The Balaban J connectivity index is 2.17. The fraction of sp³-hybridized carbons (Fsp3) is 0.300. The summed E-state index contributed by atoms with van der Waals surface area (Å²) in [5.74, 6) is 0.618. The third-order valence-corrected chi connectivity index (χ3v) is 3.83. The van der Waals surface area contributed by atoms with Crippen LogP contribution in [0.5, 0.6) is 5.75 Å². The van der Waals surface area contributed by atoms with Crippen LogP contribution in [0.1, 0.15) is 31.4 Å². The van der Waals surface area contributed by atoms with Crippen molar-refractivity contribution in [1.29, 1.82) is 0 Å². The summed E-state index contributed by atoms with van der Waals surface area (Å²) in [5.41, 5.74) is 1.68. The topological polar surface area (TPSA) is 55.6 Å². The van der Waals surface area contributed by atoms with Crippen LogP contribution in [0.2, 0.25) is 0 Å². The van der Waals surface area contributed by atoms with Crippen molar-refractivity contribution < 1.29 is 9.66 Å². The van der Waals surface area contributed by atoms with Gasteiger partial charge >= 0.3 is 0 Å². The van der Waals surface area contributed by atoms with Crippen LogP contribution in [0.3, 0.4) is 0 Å². The maximum atomic E-state index is 11.3. The summed E-state index contributed by atoms with van der Waals surface area (Å²) in [6.45, 7) is 6.39. The second-order valence-electron chi connectivity index (χ2n) is 5.70. The molecule has 0 saturated carbocycles. The zero-order valence-corrected chi connectivity index (χ0v) is 14.7. The molecular formula is C20H24N2O3. The van der Waals surface area contributed by atoms with Crippen LogP contribution < -0.4 is 4.74 Å². The molecule has 25 heavy (non-hydrogen) atoms. The quantitative estimate of drug-likeness (QED) is 0.482. The van der Waals surface area contributed by atoms with Gasteiger partial charge in [-0.05, 0) is 43.3 Å². The van der Waals surface area contributed by atoms with E-state index in [4.69, 9.17) is 4.74 Å². The van der Waals surface area contributed by atoms with Crippen LogP contribution in [0, 0.1) is 10.1 Å². The van der Waals surface area contributed by atoms with E-state index in [2.05, 4.69) is 18.7 Å². The average Bonchev–Trinajstić information content (AvgIpc) is 2.64. The molecule has 0 fully saturated rings. The van der Waals surface area contributed by atoms with Crippen molar-refractivity contribution in [2.45, 2.75) is 26.9 Å². The van der Waals surface area contributed by atoms with E-state index in [9.17, 15) is 10.1 Å². The minimum Gasteiger partial charge on any atom is -0.489 e. The maximum Gasteiger partial charge on any atom is 0.276 e. The van der Waals surface area contributed by atoms with Gasteiger partial charge < -0.3 is 9.64 Å². The fourth-order valence-corrected chi connectivity index (χ4v) is 2.47. The largest absolute Gasteiger partial charge is 0.489 e. The van der Waals surface area contributed by atoms with E-state index in [-0.39, 0.29) is 10.6 Å². The number of nitro groups is 1. The molecule has 0 amide bonds. The van der Waals surface area contributed by atoms with Crippen molar-refractivity contribution >= 4 is 11.8 Å². The first-order chi connectivity index (χ1) is 12.1. The Morgan fingerprint density at radius 1 is 1.16 bits per heavy atom. The Hall–Kier alpha value is -2.82. The molecule has 5 nitrogen and oxygen atoms in total. The molecular weight excluding hydrogens is 316 g/mol. The third-order valence-electron chi connectivity index (χ3n) is 3.83. The molecule has 0 N–H and O–H groups in total. The Labute approximate surface area is 148 Å². The third kappa shape index (κ3) is 5.64. The fourth-order valence-electron chi connectivity index (χ4n) is 2.47. The van der Waals surface area contributed by atoms with E-state index >= 15 is 0 Å². The van der Waals surface area contributed by atoms with Gasteiger partial charge in [-0.15, -0.1) is 0 Å². The van der Waals surface area contributed by atoms with E-state index in [0.717, 1.165) is 25.1 Å². The summed E-state index contributed by atoms with van der Waals surface area (Å²) >= 11 is 0. The minimum absolute atomic E-state index is 0.0795. The maximum absolute atomic E-state index is 11.3. The molecule has 0 spiro atoms. The zero-order chi connectivity index (χ0) is 18.1. The molecule has 0 unspecified atom stereocenters. The molecule has 5 heteroatoms. The molecule has 132 valence electrons. The highest BCUT2D eigenvalue weighted by atomic mass is 16.6. The Bertz CT molecular complexity index is 714. The number of ether oxygens (including phenoxy) is 1. The van der Waals surface area contributed by atoms with Gasteiger partial charge in [0.1, 0.15) is 12.4 Å². The van der Waals surface area contributed by atoms with Crippen LogP contribution in [0.4, 0.5) is 5.69 Å². The molecule has 0 bridgehead atoms. The lowest BCUT2D eigenvalue weighted by Gasteiger charge is -2.16. The number of benzene rings is 2. The van der Waals surface area contributed by atoms with Crippen LogP contribution in [-0.2, 0) is 6.61 Å². The Morgan fingerprint density at radius 2 is 1.92 bits per heavy atom. The molecule has 0 aliphatic heterocycles. The average molecular weight is 340 g/mol. The van der Waals surface area contributed by atoms with E-state index in [1.807, 2.05) is 36.5 Å². The molecule has 2 rings (SSSR count). The van der Waals surface area contributed by atoms with E-state index in [1.165, 1.54) is 6.07 Å². The first-order valence-electron chi connectivity index (χ1n) is 8.51. The van der Waals surface area contributed by atoms with Gasteiger partial charge in [-0.1, -0.05) is 37.3 Å². The molecule has 0 atom stereocenters. The van der Waals surface area contributed by atoms with Crippen LogP contribution in [0.25, 0.3) is 6.08 Å². The van der Waals surface area contributed by atoms with Crippen molar-refractivity contribution in [3.63, 3.8) is 0 Å². The molecule has 2 aromatic rings. The van der Waals surface area contributed by atoms with Crippen LogP contribution >= 0.6 is 0 Å². The van der Waals surface area contributed by atoms with Crippen molar-refractivity contribution in [1.82, 2.24) is 4.90 Å². The summed E-state index contributed by atoms with van der Waals surface area (Å²) in [7, 11) is 0. The molecule has 0 saturated heterocycles. The molecule has 0 aliphatic rings. The lowest BCUT2D eigenvalue weighted by molar-refractivity contribution is -0.385. The summed E-state index contributed by atoms with van der Waals surface area (Å²) in [6.07, 6.45) is 4.72. The molecule has 0 aromatic heterocycles. The standard InChI is InChI=1S/C20H24N2O3/c1-3-13-21(4-2)14-12-18-15-19(10-11-20(18)22(23)24)25-16-17-8-6-5-7-9-17/h5-12,14-15H,3-4,13,16H2,1-2H3/b14-12+. The first-order valence-corrected chi connectivity index (χ1v) is 8.51. The van der Waals surface area contributed by atoms with Gasteiger partial charge in [0, 0.05) is 19.2 Å². The van der Waals surface area contributed by atoms with E-state index < -0.39 is 0 Å². The molecule has 0 aliphatic carbocycles. The number of hydrogen-bond acceptors (Lipinski definition) is 4. The van der Waals surface area contributed by atoms with Crippen molar-refractivity contribution in [2.24, 2.45) is 0 Å². The van der Waals surface area contributed by atoms with Gasteiger partial charge in [0.2, 0.25) is 0 Å². The predicted octanol–water partition coefficient (Wildman–Crippen LogP) is 4.88. The minimum atomic E-state index is -0.364. The molecule has 2 aromatic carbocycles. The van der Waals surface area contributed by atoms with E-state index in [0.29, 0.717) is 17.9 Å². The van der Waals surface area contributed by atoms with Gasteiger partial charge in [0.05, 0.1) is 10.5 Å². The zero-order valence-electron chi connectivity index (χ0n) is 14.7. The lowest BCUT2D eigenvalue weighted by Crippen LogP contribution is -2.16. The number of rotatable bonds is 9. The summed E-state index contributed by atoms with van der Waals surface area (Å²) in [6, 6.07) is 14.7. The van der Waals surface area contributed by atoms with Crippen molar-refractivity contribution in [3.05, 3.63) is 76.0 Å². The molecule has 0 radical (unpaired) electrons. The van der Waals surface area contributed by atoms with Gasteiger partial charge in [-0.2, -0.15) is 0 Å².